The van der Waals surface area contributed by atoms with Gasteiger partial charge in [0.15, 0.2) is 0 Å². The number of carboxylic acid groups (broad SMARTS) is 1. The van der Waals surface area contributed by atoms with Crippen LogP contribution < -0.4 is 0 Å². The van der Waals surface area contributed by atoms with E-state index in [9.17, 15) is 18.0 Å². The summed E-state index contributed by atoms with van der Waals surface area (Å²) in [6.45, 7) is 1.92. The fraction of sp³-hybridized carbons (Fsp3) is 0.667. The third-order valence-electron chi connectivity index (χ3n) is 4.17. The predicted octanol–water partition coefficient (Wildman–Crippen LogP) is 1.60. The zero-order valence-corrected chi connectivity index (χ0v) is 15.1. The SMILES string of the molecule is CN(C)C(=O)[C@H]1C[C@H]2[C@H](CCN2Cc2nccs2)O1.O=C(O)C(F)(F)F. The van der Waals surface area contributed by atoms with Gasteiger partial charge in [-0.05, 0) is 6.42 Å². The molecule has 1 aromatic heterocycles. The predicted molar refractivity (Wildman–Crippen MR) is 86.6 cm³/mol. The quantitative estimate of drug-likeness (QED) is 0.837. The summed E-state index contributed by atoms with van der Waals surface area (Å²) in [5.74, 6) is -2.67. The van der Waals surface area contributed by atoms with Crippen LogP contribution in [0, 0.1) is 0 Å². The molecule has 7 nitrogen and oxygen atoms in total. The number of hydrogen-bond donors (Lipinski definition) is 1. The molecule has 3 rings (SSSR count). The van der Waals surface area contributed by atoms with E-state index in [2.05, 4.69) is 9.88 Å². The number of thiazole rings is 1. The average Bonchev–Trinajstić information content (AvgIpc) is 3.25. The molecule has 0 unspecified atom stereocenters. The van der Waals surface area contributed by atoms with Gasteiger partial charge in [-0.1, -0.05) is 0 Å². The number of aromatic nitrogens is 1. The van der Waals surface area contributed by atoms with Crippen LogP contribution in [0.3, 0.4) is 0 Å². The lowest BCUT2D eigenvalue weighted by molar-refractivity contribution is -0.192. The van der Waals surface area contributed by atoms with Gasteiger partial charge in [0.05, 0.1) is 12.6 Å². The molecule has 1 amide bonds. The van der Waals surface area contributed by atoms with E-state index in [1.807, 2.05) is 11.6 Å². The number of amides is 1. The number of rotatable bonds is 3. The third kappa shape index (κ3) is 5.15. The molecule has 2 fully saturated rings. The maximum absolute atomic E-state index is 12.0. The van der Waals surface area contributed by atoms with E-state index in [-0.39, 0.29) is 18.1 Å². The van der Waals surface area contributed by atoms with Crippen molar-refractivity contribution < 1.29 is 32.6 Å². The van der Waals surface area contributed by atoms with Crippen LogP contribution in [0.4, 0.5) is 13.2 Å². The number of halogens is 3. The Labute approximate surface area is 152 Å². The van der Waals surface area contributed by atoms with E-state index >= 15 is 0 Å². The highest BCUT2D eigenvalue weighted by molar-refractivity contribution is 7.09. The zero-order valence-electron chi connectivity index (χ0n) is 14.3. The van der Waals surface area contributed by atoms with Crippen LogP contribution >= 0.6 is 11.3 Å². The summed E-state index contributed by atoms with van der Waals surface area (Å²) >= 11 is 1.69. The first kappa shape index (κ1) is 20.6. The number of nitrogens with zero attached hydrogens (tertiary/aromatic N) is 3. The molecular formula is C15H20F3N3O4S. The van der Waals surface area contributed by atoms with Gasteiger partial charge in [-0.2, -0.15) is 13.2 Å². The molecule has 0 aliphatic carbocycles. The molecule has 146 valence electrons. The second-order valence-electron chi connectivity index (χ2n) is 6.19. The van der Waals surface area contributed by atoms with E-state index in [0.29, 0.717) is 6.04 Å². The van der Waals surface area contributed by atoms with Crippen molar-refractivity contribution in [1.82, 2.24) is 14.8 Å². The number of carbonyl (C=O) groups excluding carboxylic acids is 1. The van der Waals surface area contributed by atoms with Crippen molar-refractivity contribution in [2.24, 2.45) is 0 Å². The number of likely N-dealkylation sites (N-methyl/N-ethyl adjacent to an activating group) is 1. The van der Waals surface area contributed by atoms with Crippen LogP contribution in [0.2, 0.25) is 0 Å². The highest BCUT2D eigenvalue weighted by atomic mass is 32.1. The number of likely N-dealkylation sites (tertiary alicyclic amines) is 1. The summed E-state index contributed by atoms with van der Waals surface area (Å²) in [7, 11) is 3.57. The Morgan fingerprint density at radius 1 is 1.46 bits per heavy atom. The molecule has 0 radical (unpaired) electrons. The molecular weight excluding hydrogens is 375 g/mol. The normalized spacial score (nSPS) is 25.3. The Hall–Kier alpha value is -1.72. The van der Waals surface area contributed by atoms with E-state index in [0.717, 1.165) is 30.9 Å². The molecule has 11 heteroatoms. The van der Waals surface area contributed by atoms with Crippen molar-refractivity contribution in [3.63, 3.8) is 0 Å². The van der Waals surface area contributed by atoms with Crippen molar-refractivity contribution in [3.8, 4) is 0 Å². The van der Waals surface area contributed by atoms with Gasteiger partial charge in [0, 0.05) is 44.7 Å². The summed E-state index contributed by atoms with van der Waals surface area (Å²) in [5, 5.41) is 10.3. The highest BCUT2D eigenvalue weighted by Gasteiger charge is 2.45. The van der Waals surface area contributed by atoms with Crippen molar-refractivity contribution in [1.29, 1.82) is 0 Å². The van der Waals surface area contributed by atoms with E-state index in [4.69, 9.17) is 14.6 Å². The van der Waals surface area contributed by atoms with Gasteiger partial charge < -0.3 is 14.7 Å². The first-order chi connectivity index (χ1) is 12.1. The molecule has 0 saturated carbocycles. The van der Waals surface area contributed by atoms with Crippen LogP contribution in [-0.4, -0.2) is 76.8 Å². The minimum Gasteiger partial charge on any atom is -0.475 e. The zero-order chi connectivity index (χ0) is 19.5. The van der Waals surface area contributed by atoms with Crippen molar-refractivity contribution in [2.75, 3.05) is 20.6 Å². The fourth-order valence-corrected chi connectivity index (χ4v) is 3.62. The molecule has 3 atom stereocenters. The Kier molecular flexibility index (Phi) is 6.58. The van der Waals surface area contributed by atoms with Gasteiger partial charge >= 0.3 is 12.1 Å². The van der Waals surface area contributed by atoms with Crippen LogP contribution in [0.5, 0.6) is 0 Å². The molecule has 0 aromatic carbocycles. The Bertz CT molecular complexity index is 624. The number of carboxylic acids is 1. The Morgan fingerprint density at radius 3 is 2.62 bits per heavy atom. The molecule has 2 aliphatic rings. The van der Waals surface area contributed by atoms with Crippen LogP contribution in [0.25, 0.3) is 0 Å². The molecule has 1 aromatic rings. The van der Waals surface area contributed by atoms with E-state index in [1.54, 1.807) is 30.3 Å². The number of alkyl halides is 3. The Morgan fingerprint density at radius 2 is 2.12 bits per heavy atom. The molecule has 0 bridgehead atoms. The summed E-state index contributed by atoms with van der Waals surface area (Å²) in [4.78, 5) is 29.2. The molecule has 2 aliphatic heterocycles. The number of ether oxygens (including phenoxy) is 1. The lowest BCUT2D eigenvalue weighted by atomic mass is 10.1. The fourth-order valence-electron chi connectivity index (χ4n) is 2.98. The first-order valence-electron chi connectivity index (χ1n) is 7.88. The monoisotopic (exact) mass is 395 g/mol. The molecule has 3 heterocycles. The smallest absolute Gasteiger partial charge is 0.475 e. The minimum absolute atomic E-state index is 0.0867. The van der Waals surface area contributed by atoms with Crippen molar-refractivity contribution >= 4 is 23.2 Å². The van der Waals surface area contributed by atoms with Gasteiger partial charge in [0.2, 0.25) is 0 Å². The van der Waals surface area contributed by atoms with Crippen LogP contribution in [-0.2, 0) is 20.9 Å². The average molecular weight is 395 g/mol. The second-order valence-corrected chi connectivity index (χ2v) is 7.17. The van der Waals surface area contributed by atoms with Crippen molar-refractivity contribution in [3.05, 3.63) is 16.6 Å². The van der Waals surface area contributed by atoms with Gasteiger partial charge in [-0.25, -0.2) is 9.78 Å². The van der Waals surface area contributed by atoms with Gasteiger partial charge in [0.25, 0.3) is 5.91 Å². The van der Waals surface area contributed by atoms with Crippen LogP contribution in [0.15, 0.2) is 11.6 Å². The van der Waals surface area contributed by atoms with Crippen LogP contribution in [0.1, 0.15) is 17.8 Å². The lowest BCUT2D eigenvalue weighted by Crippen LogP contribution is -2.35. The summed E-state index contributed by atoms with van der Waals surface area (Å²) in [6, 6.07) is 0.373. The summed E-state index contributed by atoms with van der Waals surface area (Å²) in [6.07, 6.45) is -1.45. The van der Waals surface area contributed by atoms with Gasteiger partial charge in [-0.15, -0.1) is 11.3 Å². The minimum atomic E-state index is -5.08. The van der Waals surface area contributed by atoms with Gasteiger partial charge in [-0.3, -0.25) is 9.69 Å². The number of fused-ring (bicyclic) bond motifs is 1. The maximum atomic E-state index is 12.0. The maximum Gasteiger partial charge on any atom is 0.490 e. The molecule has 0 spiro atoms. The van der Waals surface area contributed by atoms with E-state index in [1.165, 1.54) is 0 Å². The standard InChI is InChI=1S/C13H19N3O2S.C2HF3O2/c1-15(2)13(17)11-7-9-10(18-11)3-5-16(9)8-12-14-4-6-19-12;3-2(4,5)1(6)7/h4,6,9-11H,3,5,7-8H2,1-2H3;(H,6,7)/t9-,10-,11+;/m0./s1. The number of carbonyl (C=O) groups is 2. The highest BCUT2D eigenvalue weighted by Crippen LogP contribution is 2.34. The Balaban J connectivity index is 0.000000298. The van der Waals surface area contributed by atoms with E-state index < -0.39 is 12.1 Å². The number of hydrogen-bond acceptors (Lipinski definition) is 6. The summed E-state index contributed by atoms with van der Waals surface area (Å²) in [5.41, 5.74) is 0. The lowest BCUT2D eigenvalue weighted by Gasteiger charge is -2.21. The third-order valence-corrected chi connectivity index (χ3v) is 4.94. The van der Waals surface area contributed by atoms with Crippen molar-refractivity contribution in [2.45, 2.75) is 43.8 Å². The first-order valence-corrected chi connectivity index (χ1v) is 8.76. The summed E-state index contributed by atoms with van der Waals surface area (Å²) < 4.78 is 37.6. The molecule has 2 saturated heterocycles. The van der Waals surface area contributed by atoms with Gasteiger partial charge in [0.1, 0.15) is 11.1 Å². The second kappa shape index (κ2) is 8.31. The largest absolute Gasteiger partial charge is 0.490 e. The molecule has 1 N–H and O–H groups in total. The topological polar surface area (TPSA) is 83.0 Å². The molecule has 26 heavy (non-hydrogen) atoms. The number of aliphatic carboxylic acids is 1.